The lowest BCUT2D eigenvalue weighted by Crippen LogP contribution is -2.32. The maximum Gasteiger partial charge on any atom is 0.407 e. The van der Waals surface area contributed by atoms with Crippen molar-refractivity contribution in [3.63, 3.8) is 0 Å². The number of carbonyl (C=O) groups excluding carboxylic acids is 3. The number of nitrogens with zero attached hydrogens (tertiary/aromatic N) is 1. The fraction of sp³-hybridized carbons (Fsp3) is 0.952. The van der Waals surface area contributed by atoms with Crippen LogP contribution in [0.25, 0.3) is 0 Å². The molecule has 0 aliphatic heterocycles. The van der Waals surface area contributed by atoms with Gasteiger partial charge in [-0.05, 0) is 78.3 Å². The van der Waals surface area contributed by atoms with Crippen molar-refractivity contribution in [1.82, 2.24) is 10.2 Å². The van der Waals surface area contributed by atoms with E-state index in [1.807, 2.05) is 14.1 Å². The molecular weight excluding hydrogens is 885 g/mol. The summed E-state index contributed by atoms with van der Waals surface area (Å²) in [5.41, 5.74) is 0. The van der Waals surface area contributed by atoms with Gasteiger partial charge in [0.1, 0.15) is 6.10 Å². The lowest BCUT2D eigenvalue weighted by atomic mass is 10.0. The molecule has 0 aromatic rings. The van der Waals surface area contributed by atoms with Crippen molar-refractivity contribution in [3.05, 3.63) is 0 Å². The first kappa shape index (κ1) is 69.1. The summed E-state index contributed by atoms with van der Waals surface area (Å²) in [5.74, 6) is -0.154. The number of rotatable bonds is 59. The van der Waals surface area contributed by atoms with E-state index in [1.54, 1.807) is 0 Å². The molecule has 1 amide bonds. The Kier molecular flexibility index (Phi) is 57.5. The molecule has 71 heavy (non-hydrogen) atoms. The van der Waals surface area contributed by atoms with Crippen molar-refractivity contribution in [2.45, 2.75) is 328 Å². The van der Waals surface area contributed by atoms with E-state index in [0.717, 1.165) is 83.6 Å². The molecular formula is C62H122N2O7. The van der Waals surface area contributed by atoms with Gasteiger partial charge in [-0.15, -0.1) is 0 Å². The number of carbonyl (C=O) groups is 3. The molecule has 0 aromatic heterocycles. The van der Waals surface area contributed by atoms with Gasteiger partial charge in [-0.3, -0.25) is 9.59 Å². The second-order valence-electron chi connectivity index (χ2n) is 21.7. The highest BCUT2D eigenvalue weighted by molar-refractivity contribution is 5.69. The van der Waals surface area contributed by atoms with Gasteiger partial charge in [0, 0.05) is 25.9 Å². The van der Waals surface area contributed by atoms with Crippen LogP contribution in [0.5, 0.6) is 0 Å². The molecule has 0 saturated carbocycles. The molecule has 0 aromatic carbocycles. The van der Waals surface area contributed by atoms with E-state index in [-0.39, 0.29) is 18.0 Å². The average molecular weight is 1010 g/mol. The summed E-state index contributed by atoms with van der Waals surface area (Å²) in [6.45, 7) is 7.80. The van der Waals surface area contributed by atoms with E-state index in [9.17, 15) is 14.4 Å². The number of nitrogens with one attached hydrogen (secondary N) is 1. The fourth-order valence-electron chi connectivity index (χ4n) is 9.54. The van der Waals surface area contributed by atoms with E-state index in [4.69, 9.17) is 18.9 Å². The molecule has 422 valence electrons. The third-order valence-corrected chi connectivity index (χ3v) is 14.3. The molecule has 1 N–H and O–H groups in total. The molecule has 0 aliphatic carbocycles. The van der Waals surface area contributed by atoms with E-state index in [0.29, 0.717) is 45.8 Å². The molecule has 0 saturated heterocycles. The molecule has 0 bridgehead atoms. The van der Waals surface area contributed by atoms with Crippen LogP contribution in [0, 0.1) is 0 Å². The fourth-order valence-corrected chi connectivity index (χ4v) is 9.54. The van der Waals surface area contributed by atoms with Crippen molar-refractivity contribution in [2.75, 3.05) is 53.6 Å². The highest BCUT2D eigenvalue weighted by atomic mass is 16.6. The highest BCUT2D eigenvalue weighted by Gasteiger charge is 2.15. The minimum Gasteiger partial charge on any atom is -0.466 e. The average Bonchev–Trinajstić information content (AvgIpc) is 3.35. The number of esters is 2. The van der Waals surface area contributed by atoms with Crippen molar-refractivity contribution in [2.24, 2.45) is 0 Å². The highest BCUT2D eigenvalue weighted by Crippen LogP contribution is 2.19. The predicted octanol–water partition coefficient (Wildman–Crippen LogP) is 18.5. The SMILES string of the molecule is CCCCCCCCCCCCCCCCCCCCCC(=O)OCCCCCC(CCCCCOC(=O)CCCCCCCCCCCCCCCCCCCCC)OC(=O)NCCOCCN(C)C. The van der Waals surface area contributed by atoms with Gasteiger partial charge >= 0.3 is 18.0 Å². The van der Waals surface area contributed by atoms with Gasteiger partial charge in [-0.1, -0.05) is 245 Å². The van der Waals surface area contributed by atoms with Gasteiger partial charge in [-0.25, -0.2) is 4.79 Å². The van der Waals surface area contributed by atoms with Crippen LogP contribution in [0.4, 0.5) is 4.79 Å². The second-order valence-corrected chi connectivity index (χ2v) is 21.7. The first-order valence-corrected chi connectivity index (χ1v) is 31.4. The first-order chi connectivity index (χ1) is 34.9. The van der Waals surface area contributed by atoms with Crippen LogP contribution in [0.3, 0.4) is 0 Å². The number of hydrogen-bond donors (Lipinski definition) is 1. The van der Waals surface area contributed by atoms with Gasteiger partial charge in [0.25, 0.3) is 0 Å². The Balaban J connectivity index is 3.98. The summed E-state index contributed by atoms with van der Waals surface area (Å²) in [5, 5.41) is 2.84. The standard InChI is InChI=1S/C62H122N2O7/c1-5-7-9-11-13-15-17-19-21-23-25-27-29-31-33-35-37-39-45-51-60(65)69-55-47-41-43-49-59(71-62(67)63-53-57-68-58-54-64(3)4)50-44-42-48-56-70-61(66)52-46-40-38-36-34-32-30-28-26-24-22-20-18-16-14-12-10-8-6-2/h59H,5-58H2,1-4H3,(H,63,67). The maximum atomic E-state index is 12.6. The molecule has 0 radical (unpaired) electrons. The van der Waals surface area contributed by atoms with Crippen LogP contribution < -0.4 is 5.32 Å². The third kappa shape index (κ3) is 58.9. The normalized spacial score (nSPS) is 11.5. The van der Waals surface area contributed by atoms with E-state index in [2.05, 4.69) is 24.1 Å². The Bertz CT molecular complexity index is 1020. The predicted molar refractivity (Wildman–Crippen MR) is 303 cm³/mol. The van der Waals surface area contributed by atoms with E-state index < -0.39 is 6.09 Å². The minimum atomic E-state index is -0.404. The summed E-state index contributed by atoms with van der Waals surface area (Å²) in [7, 11) is 4.01. The molecule has 0 unspecified atom stereocenters. The second kappa shape index (κ2) is 59.0. The Hall–Kier alpha value is -1.87. The number of ether oxygens (including phenoxy) is 4. The molecule has 9 nitrogen and oxygen atoms in total. The maximum absolute atomic E-state index is 12.6. The van der Waals surface area contributed by atoms with Gasteiger partial charge in [0.2, 0.25) is 0 Å². The monoisotopic (exact) mass is 1010 g/mol. The van der Waals surface area contributed by atoms with Gasteiger partial charge in [-0.2, -0.15) is 0 Å². The summed E-state index contributed by atoms with van der Waals surface area (Å²) < 4.78 is 22.6. The third-order valence-electron chi connectivity index (χ3n) is 14.3. The van der Waals surface area contributed by atoms with Crippen molar-refractivity contribution >= 4 is 18.0 Å². The molecule has 0 spiro atoms. The molecule has 0 fully saturated rings. The topological polar surface area (TPSA) is 103 Å². The molecule has 0 rings (SSSR count). The molecule has 9 heteroatoms. The smallest absolute Gasteiger partial charge is 0.407 e. The zero-order valence-corrected chi connectivity index (χ0v) is 48.1. The van der Waals surface area contributed by atoms with Crippen molar-refractivity contribution < 1.29 is 33.3 Å². The Morgan fingerprint density at radius 3 is 0.972 bits per heavy atom. The number of unbranched alkanes of at least 4 members (excludes halogenated alkanes) is 40. The van der Waals surface area contributed by atoms with Crippen LogP contribution >= 0.6 is 0 Å². The van der Waals surface area contributed by atoms with Crippen LogP contribution in [0.2, 0.25) is 0 Å². The van der Waals surface area contributed by atoms with E-state index in [1.165, 1.54) is 218 Å². The van der Waals surface area contributed by atoms with Crippen LogP contribution in [0.1, 0.15) is 322 Å². The Labute approximate surface area is 441 Å². The lowest BCUT2D eigenvalue weighted by Gasteiger charge is -2.18. The number of hydrogen-bond acceptors (Lipinski definition) is 8. The Morgan fingerprint density at radius 2 is 0.662 bits per heavy atom. The summed E-state index contributed by atoms with van der Waals surface area (Å²) >= 11 is 0. The minimum absolute atomic E-state index is 0.0769. The molecule has 0 heterocycles. The quantitative estimate of drug-likeness (QED) is 0.0365. The number of amides is 1. The van der Waals surface area contributed by atoms with Crippen LogP contribution in [-0.4, -0.2) is 82.6 Å². The van der Waals surface area contributed by atoms with Crippen molar-refractivity contribution in [1.29, 1.82) is 0 Å². The van der Waals surface area contributed by atoms with Gasteiger partial charge in [0.05, 0.1) is 26.4 Å². The molecule has 0 aliphatic rings. The van der Waals surface area contributed by atoms with E-state index >= 15 is 0 Å². The van der Waals surface area contributed by atoms with Gasteiger partial charge in [0.15, 0.2) is 0 Å². The first-order valence-electron chi connectivity index (χ1n) is 31.4. The zero-order valence-electron chi connectivity index (χ0n) is 48.1. The Morgan fingerprint density at radius 1 is 0.366 bits per heavy atom. The number of alkyl carbamates (subject to hydrolysis) is 1. The van der Waals surface area contributed by atoms with Gasteiger partial charge < -0.3 is 29.2 Å². The number of likely N-dealkylation sites (N-methyl/N-ethyl adjacent to an activating group) is 1. The summed E-state index contributed by atoms with van der Waals surface area (Å²) in [6, 6.07) is 0. The summed E-state index contributed by atoms with van der Waals surface area (Å²) in [6.07, 6.45) is 58.4. The van der Waals surface area contributed by atoms with Crippen LogP contribution in [0.15, 0.2) is 0 Å². The molecule has 0 atom stereocenters. The van der Waals surface area contributed by atoms with Crippen molar-refractivity contribution in [3.8, 4) is 0 Å². The van der Waals surface area contributed by atoms with Crippen LogP contribution in [-0.2, 0) is 28.5 Å². The summed E-state index contributed by atoms with van der Waals surface area (Å²) in [4.78, 5) is 39.4. The lowest BCUT2D eigenvalue weighted by molar-refractivity contribution is -0.144. The largest absolute Gasteiger partial charge is 0.466 e. The zero-order chi connectivity index (χ0) is 51.6.